The predicted molar refractivity (Wildman–Crippen MR) is 91.0 cm³/mol. The lowest BCUT2D eigenvalue weighted by molar-refractivity contribution is 0.108. The average Bonchev–Trinajstić information content (AvgIpc) is 2.53. The Hall–Kier alpha value is -2.20. The van der Waals surface area contributed by atoms with Crippen molar-refractivity contribution in [2.24, 2.45) is 0 Å². The average molecular weight is 332 g/mol. The molecular weight excluding hydrogens is 314 g/mol. The van der Waals surface area contributed by atoms with Gasteiger partial charge in [0.15, 0.2) is 0 Å². The van der Waals surface area contributed by atoms with Gasteiger partial charge >= 0.3 is 0 Å². The number of ether oxygens (including phenoxy) is 2. The molecule has 0 saturated carbocycles. The summed E-state index contributed by atoms with van der Waals surface area (Å²) in [4.78, 5) is 13.4. The monoisotopic (exact) mass is 331 g/mol. The number of carbonyl (C=O) groups excluding carboxylic acids is 1. The normalized spacial score (nSPS) is 16.5. The van der Waals surface area contributed by atoms with Gasteiger partial charge in [-0.1, -0.05) is 12.1 Å². The molecular formula is C18H18ClNO3. The third kappa shape index (κ3) is 3.42. The first-order chi connectivity index (χ1) is 11.0. The fourth-order valence-corrected chi connectivity index (χ4v) is 2.93. The number of likely N-dealkylation sites (N-methyl/N-ethyl adjacent to an activating group) is 1. The highest BCUT2D eigenvalue weighted by atomic mass is 35.5. The van der Waals surface area contributed by atoms with Gasteiger partial charge in [0.05, 0.1) is 12.2 Å². The summed E-state index contributed by atoms with van der Waals surface area (Å²) in [6, 6.07) is 13.2. The number of rotatable bonds is 4. The molecule has 0 aliphatic carbocycles. The number of fused-ring (bicyclic) bond motifs is 1. The molecule has 0 N–H and O–H groups in total. The van der Waals surface area contributed by atoms with Crippen molar-refractivity contribution in [2.45, 2.75) is 13.0 Å². The number of benzene rings is 2. The largest absolute Gasteiger partial charge is 0.490 e. The summed E-state index contributed by atoms with van der Waals surface area (Å²) in [6.07, 6.45) is -0.0514. The molecule has 5 heteroatoms. The van der Waals surface area contributed by atoms with Gasteiger partial charge in [-0.25, -0.2) is 0 Å². The summed E-state index contributed by atoms with van der Waals surface area (Å²) >= 11 is 5.52. The number of carbonyl (C=O) groups is 1. The van der Waals surface area contributed by atoms with Crippen LogP contribution in [0.5, 0.6) is 11.5 Å². The first-order valence-electron chi connectivity index (χ1n) is 7.44. The molecule has 0 spiro atoms. The minimum absolute atomic E-state index is 0.0514. The topological polar surface area (TPSA) is 38.8 Å². The molecule has 0 unspecified atom stereocenters. The Bertz CT molecular complexity index is 732. The van der Waals surface area contributed by atoms with Gasteiger partial charge in [0.2, 0.25) is 0 Å². The van der Waals surface area contributed by atoms with E-state index in [2.05, 4.69) is 4.90 Å². The van der Waals surface area contributed by atoms with Crippen LogP contribution in [0.25, 0.3) is 0 Å². The molecule has 0 amide bonds. The lowest BCUT2D eigenvalue weighted by Crippen LogP contribution is -2.41. The quantitative estimate of drug-likeness (QED) is 0.802. The Morgan fingerprint density at radius 3 is 2.87 bits per heavy atom. The standard InChI is InChI=1S/C18H18ClNO3/c1-12-9-13(7-8-15(12)18(19)21)22-11-14-10-20(2)16-5-3-4-6-17(16)23-14/h3-9,14H,10-11H2,1-2H3/t14-/m0/s1. The van der Waals surface area contributed by atoms with Gasteiger partial charge in [-0.2, -0.15) is 0 Å². The molecule has 1 aliphatic heterocycles. The smallest absolute Gasteiger partial charge is 0.252 e. The van der Waals surface area contributed by atoms with Crippen LogP contribution in [0.2, 0.25) is 0 Å². The van der Waals surface area contributed by atoms with E-state index in [1.165, 1.54) is 0 Å². The lowest BCUT2D eigenvalue weighted by Gasteiger charge is -2.33. The maximum atomic E-state index is 11.2. The zero-order valence-electron chi connectivity index (χ0n) is 13.1. The van der Waals surface area contributed by atoms with Crippen LogP contribution in [0.3, 0.4) is 0 Å². The highest BCUT2D eigenvalue weighted by molar-refractivity contribution is 6.67. The second-order valence-electron chi connectivity index (χ2n) is 5.65. The van der Waals surface area contributed by atoms with E-state index in [9.17, 15) is 4.79 Å². The van der Waals surface area contributed by atoms with Crippen LogP contribution in [0.15, 0.2) is 42.5 Å². The maximum absolute atomic E-state index is 11.2. The van der Waals surface area contributed by atoms with Gasteiger partial charge < -0.3 is 14.4 Å². The summed E-state index contributed by atoms with van der Waals surface area (Å²) in [5, 5.41) is -0.456. The first kappa shape index (κ1) is 15.7. The summed E-state index contributed by atoms with van der Waals surface area (Å²) < 4.78 is 11.8. The number of halogens is 1. The fourth-order valence-electron chi connectivity index (χ4n) is 2.72. The number of nitrogens with zero attached hydrogens (tertiary/aromatic N) is 1. The molecule has 0 fully saturated rings. The predicted octanol–water partition coefficient (Wildman–Crippen LogP) is 3.65. The highest BCUT2D eigenvalue weighted by Crippen LogP contribution is 2.32. The molecule has 23 heavy (non-hydrogen) atoms. The molecule has 3 rings (SSSR count). The molecule has 2 aromatic carbocycles. The molecule has 1 heterocycles. The lowest BCUT2D eigenvalue weighted by atomic mass is 10.1. The van der Waals surface area contributed by atoms with E-state index in [4.69, 9.17) is 21.1 Å². The van der Waals surface area contributed by atoms with Gasteiger partial charge in [0, 0.05) is 12.6 Å². The number of aryl methyl sites for hydroxylation is 1. The Balaban J connectivity index is 1.66. The molecule has 1 atom stereocenters. The molecule has 0 bridgehead atoms. The summed E-state index contributed by atoms with van der Waals surface area (Å²) in [6.45, 7) is 3.03. The van der Waals surface area contributed by atoms with Crippen molar-refractivity contribution in [3.05, 3.63) is 53.6 Å². The first-order valence-corrected chi connectivity index (χ1v) is 7.82. The second kappa shape index (κ2) is 6.50. The highest BCUT2D eigenvalue weighted by Gasteiger charge is 2.23. The van der Waals surface area contributed by atoms with Gasteiger partial charge in [0.25, 0.3) is 5.24 Å². The van der Waals surface area contributed by atoms with Crippen molar-refractivity contribution in [3.63, 3.8) is 0 Å². The molecule has 120 valence electrons. The van der Waals surface area contributed by atoms with Gasteiger partial charge in [-0.05, 0) is 54.4 Å². The number of anilines is 1. The Morgan fingerprint density at radius 1 is 1.35 bits per heavy atom. The molecule has 1 aliphatic rings. The zero-order chi connectivity index (χ0) is 16.4. The van der Waals surface area contributed by atoms with Gasteiger partial charge in [-0.15, -0.1) is 0 Å². The molecule has 2 aromatic rings. The third-order valence-electron chi connectivity index (χ3n) is 3.89. The molecule has 0 aromatic heterocycles. The molecule has 0 saturated heterocycles. The number of hydrogen-bond acceptors (Lipinski definition) is 4. The SMILES string of the molecule is Cc1cc(OC[C@@H]2CN(C)c3ccccc3O2)ccc1C(=O)Cl. The van der Waals surface area contributed by atoms with Crippen molar-refractivity contribution < 1.29 is 14.3 Å². The Labute approximate surface area is 140 Å². The van der Waals surface area contributed by atoms with Gasteiger partial charge in [-0.3, -0.25) is 4.79 Å². The molecule has 0 radical (unpaired) electrons. The van der Waals surface area contributed by atoms with Gasteiger partial charge in [0.1, 0.15) is 24.2 Å². The van der Waals surface area contributed by atoms with Crippen LogP contribution in [0, 0.1) is 6.92 Å². The number of hydrogen-bond donors (Lipinski definition) is 0. The fraction of sp³-hybridized carbons (Fsp3) is 0.278. The van der Waals surface area contributed by atoms with E-state index in [0.717, 1.165) is 23.5 Å². The maximum Gasteiger partial charge on any atom is 0.252 e. The van der Waals surface area contributed by atoms with Crippen molar-refractivity contribution in [1.82, 2.24) is 0 Å². The zero-order valence-corrected chi connectivity index (χ0v) is 13.8. The summed E-state index contributed by atoms with van der Waals surface area (Å²) in [5.74, 6) is 1.57. The van der Waals surface area contributed by atoms with Crippen molar-refractivity contribution in [2.75, 3.05) is 25.1 Å². The molecule has 4 nitrogen and oxygen atoms in total. The van der Waals surface area contributed by atoms with Crippen molar-refractivity contribution in [3.8, 4) is 11.5 Å². The van der Waals surface area contributed by atoms with Crippen LogP contribution in [0.1, 0.15) is 15.9 Å². The summed E-state index contributed by atoms with van der Waals surface area (Å²) in [5.41, 5.74) is 2.39. The second-order valence-corrected chi connectivity index (χ2v) is 5.99. The van der Waals surface area contributed by atoms with E-state index in [1.807, 2.05) is 44.3 Å². The minimum Gasteiger partial charge on any atom is -0.490 e. The van der Waals surface area contributed by atoms with E-state index in [-0.39, 0.29) is 6.10 Å². The van der Waals surface area contributed by atoms with Crippen LogP contribution in [-0.4, -0.2) is 31.5 Å². The van der Waals surface area contributed by atoms with E-state index >= 15 is 0 Å². The minimum atomic E-state index is -0.456. The third-order valence-corrected chi connectivity index (χ3v) is 4.10. The van der Waals surface area contributed by atoms with E-state index < -0.39 is 5.24 Å². The van der Waals surface area contributed by atoms with Crippen LogP contribution >= 0.6 is 11.6 Å². The van der Waals surface area contributed by atoms with Crippen molar-refractivity contribution in [1.29, 1.82) is 0 Å². The van der Waals surface area contributed by atoms with E-state index in [0.29, 0.717) is 17.9 Å². The van der Waals surface area contributed by atoms with E-state index in [1.54, 1.807) is 12.1 Å². The van der Waals surface area contributed by atoms with Crippen LogP contribution in [-0.2, 0) is 0 Å². The van der Waals surface area contributed by atoms with Crippen LogP contribution < -0.4 is 14.4 Å². The summed E-state index contributed by atoms with van der Waals surface area (Å²) in [7, 11) is 2.04. The Kier molecular flexibility index (Phi) is 4.44. The van der Waals surface area contributed by atoms with Crippen LogP contribution in [0.4, 0.5) is 5.69 Å². The number of para-hydroxylation sites is 2. The Morgan fingerprint density at radius 2 is 2.13 bits per heavy atom. The van der Waals surface area contributed by atoms with Crippen molar-refractivity contribution >= 4 is 22.5 Å².